The normalized spacial score (nSPS) is 10.1. The van der Waals surface area contributed by atoms with Crippen molar-refractivity contribution in [2.24, 2.45) is 0 Å². The van der Waals surface area contributed by atoms with E-state index in [1.54, 1.807) is 12.1 Å². The van der Waals surface area contributed by atoms with Crippen LogP contribution in [0.4, 0.5) is 13.2 Å². The van der Waals surface area contributed by atoms with Crippen LogP contribution in [0.1, 0.15) is 48.1 Å². The Balaban J connectivity index is 0.00000176. The van der Waals surface area contributed by atoms with Crippen molar-refractivity contribution < 1.29 is 23.4 Å². The maximum Gasteiger partial charge on any atom is 0.417 e. The first-order chi connectivity index (χ1) is 12.8. The number of aliphatic hydroxyl groups is 1. The molecule has 2 N–H and O–H groups in total. The molecule has 0 saturated carbocycles. The average molecular weight is 375 g/mol. The summed E-state index contributed by atoms with van der Waals surface area (Å²) >= 11 is 0. The molecule has 2 aromatic rings. The number of aryl methyl sites for hydroxylation is 1. The van der Waals surface area contributed by atoms with E-state index >= 15 is 0 Å². The van der Waals surface area contributed by atoms with Gasteiger partial charge in [0.15, 0.2) is 0 Å². The highest BCUT2D eigenvalue weighted by molar-refractivity contribution is 5.53. The van der Waals surface area contributed by atoms with E-state index in [1.165, 1.54) is 6.07 Å². The molecular formula is C21H20F3NO2. The Morgan fingerprint density at radius 3 is 2.22 bits per heavy atom. The van der Waals surface area contributed by atoms with Gasteiger partial charge in [-0.3, -0.25) is 0 Å². The lowest BCUT2D eigenvalue weighted by Gasteiger charge is -2.09. The van der Waals surface area contributed by atoms with E-state index < -0.39 is 17.5 Å². The Bertz CT molecular complexity index is 872. The quantitative estimate of drug-likeness (QED) is 0.769. The molecule has 0 heterocycles. The van der Waals surface area contributed by atoms with E-state index in [0.29, 0.717) is 35.6 Å². The number of halogens is 3. The fourth-order valence-corrected chi connectivity index (χ4v) is 2.27. The zero-order valence-corrected chi connectivity index (χ0v) is 15.1. The molecule has 0 aliphatic heterocycles. The maximum absolute atomic E-state index is 13.1. The Labute approximate surface area is 156 Å². The largest absolute Gasteiger partial charge is 0.508 e. The van der Waals surface area contributed by atoms with Crippen molar-refractivity contribution in [3.8, 4) is 23.7 Å². The molecule has 27 heavy (non-hydrogen) atoms. The van der Waals surface area contributed by atoms with Gasteiger partial charge in [0, 0.05) is 17.7 Å². The minimum atomic E-state index is -4.63. The van der Waals surface area contributed by atoms with E-state index in [9.17, 15) is 18.3 Å². The SMILES string of the molecule is CC.N#Cc1ccc(C#Cc2ccc(O)cc2C(F)(F)F)c(CCCO)c1. The van der Waals surface area contributed by atoms with Crippen LogP contribution in [-0.4, -0.2) is 16.8 Å². The van der Waals surface area contributed by atoms with Gasteiger partial charge in [0.2, 0.25) is 0 Å². The van der Waals surface area contributed by atoms with Crippen LogP contribution in [0.2, 0.25) is 0 Å². The van der Waals surface area contributed by atoms with E-state index in [2.05, 4.69) is 11.8 Å². The third kappa shape index (κ3) is 6.36. The summed E-state index contributed by atoms with van der Waals surface area (Å²) in [6.45, 7) is 3.96. The summed E-state index contributed by atoms with van der Waals surface area (Å²) in [6.07, 6.45) is -3.72. The van der Waals surface area contributed by atoms with Gasteiger partial charge in [-0.2, -0.15) is 18.4 Å². The molecule has 0 fully saturated rings. The minimum Gasteiger partial charge on any atom is -0.508 e. The zero-order valence-electron chi connectivity index (χ0n) is 15.1. The summed E-state index contributed by atoms with van der Waals surface area (Å²) in [7, 11) is 0. The van der Waals surface area contributed by atoms with Gasteiger partial charge < -0.3 is 10.2 Å². The molecule has 0 atom stereocenters. The Morgan fingerprint density at radius 2 is 1.63 bits per heavy atom. The summed E-state index contributed by atoms with van der Waals surface area (Å²) in [5, 5.41) is 27.2. The predicted octanol–water partition coefficient (Wildman–Crippen LogP) is 4.63. The van der Waals surface area contributed by atoms with Crippen molar-refractivity contribution in [1.82, 2.24) is 0 Å². The van der Waals surface area contributed by atoms with E-state index in [4.69, 9.17) is 10.4 Å². The highest BCUT2D eigenvalue weighted by Crippen LogP contribution is 2.33. The number of aromatic hydroxyl groups is 1. The second-order valence-corrected chi connectivity index (χ2v) is 5.29. The van der Waals surface area contributed by atoms with Crippen LogP contribution in [0.3, 0.4) is 0 Å². The monoisotopic (exact) mass is 375 g/mol. The lowest BCUT2D eigenvalue weighted by atomic mass is 9.99. The number of benzene rings is 2. The number of hydrogen-bond acceptors (Lipinski definition) is 3. The second kappa shape index (κ2) is 10.3. The molecular weight excluding hydrogens is 355 g/mol. The van der Waals surface area contributed by atoms with Crippen LogP contribution < -0.4 is 0 Å². The van der Waals surface area contributed by atoms with Crippen LogP contribution in [-0.2, 0) is 12.6 Å². The molecule has 0 unspecified atom stereocenters. The van der Waals surface area contributed by atoms with Crippen molar-refractivity contribution in [3.05, 3.63) is 64.2 Å². The first-order valence-electron chi connectivity index (χ1n) is 8.41. The molecule has 0 saturated heterocycles. The van der Waals surface area contributed by atoms with Gasteiger partial charge >= 0.3 is 6.18 Å². The number of nitrogens with zero attached hydrogens (tertiary/aromatic N) is 1. The van der Waals surface area contributed by atoms with Crippen LogP contribution >= 0.6 is 0 Å². The lowest BCUT2D eigenvalue weighted by Crippen LogP contribution is -2.07. The maximum atomic E-state index is 13.1. The summed E-state index contributed by atoms with van der Waals surface area (Å²) in [6, 6.07) is 9.61. The van der Waals surface area contributed by atoms with Gasteiger partial charge in [-0.15, -0.1) is 0 Å². The lowest BCUT2D eigenvalue weighted by molar-refractivity contribution is -0.137. The molecule has 0 aliphatic carbocycles. The smallest absolute Gasteiger partial charge is 0.417 e. The summed E-state index contributed by atoms with van der Waals surface area (Å²) in [5.74, 6) is 4.70. The fourth-order valence-electron chi connectivity index (χ4n) is 2.27. The molecule has 2 rings (SSSR count). The number of nitriles is 1. The van der Waals surface area contributed by atoms with Crippen molar-refractivity contribution >= 4 is 0 Å². The van der Waals surface area contributed by atoms with Crippen LogP contribution in [0.15, 0.2) is 36.4 Å². The number of alkyl halides is 3. The standard InChI is InChI=1S/C19H14F3NO2.C2H6/c20-19(21,22)18-11-17(25)8-7-15(18)6-5-14-4-3-13(12-23)10-16(14)2-1-9-24;1-2/h3-4,7-8,10-11,24-25H,1-2,9H2;1-2H3. The van der Waals surface area contributed by atoms with Crippen molar-refractivity contribution in [1.29, 1.82) is 5.26 Å². The van der Waals surface area contributed by atoms with Crippen LogP contribution in [0, 0.1) is 23.2 Å². The number of hydrogen-bond donors (Lipinski definition) is 2. The Hall–Kier alpha value is -2.96. The molecule has 142 valence electrons. The molecule has 0 amide bonds. The fraction of sp³-hybridized carbons (Fsp3) is 0.286. The van der Waals surface area contributed by atoms with Gasteiger partial charge in [0.05, 0.1) is 17.2 Å². The van der Waals surface area contributed by atoms with E-state index in [0.717, 1.165) is 12.1 Å². The first kappa shape index (κ1) is 22.1. The summed E-state index contributed by atoms with van der Waals surface area (Å²) in [5.41, 5.74) is 0.342. The van der Waals surface area contributed by atoms with Crippen molar-refractivity contribution in [3.63, 3.8) is 0 Å². The number of rotatable bonds is 3. The molecule has 0 bridgehead atoms. The molecule has 0 aromatic heterocycles. The highest BCUT2D eigenvalue weighted by Gasteiger charge is 2.33. The molecule has 0 radical (unpaired) electrons. The van der Waals surface area contributed by atoms with Gasteiger partial charge in [-0.1, -0.05) is 25.7 Å². The molecule has 6 heteroatoms. The van der Waals surface area contributed by atoms with Crippen LogP contribution in [0.25, 0.3) is 0 Å². The van der Waals surface area contributed by atoms with Crippen molar-refractivity contribution in [2.75, 3.05) is 6.61 Å². The van der Waals surface area contributed by atoms with Crippen LogP contribution in [0.5, 0.6) is 5.75 Å². The topological polar surface area (TPSA) is 64.2 Å². The Kier molecular flexibility index (Phi) is 8.38. The average Bonchev–Trinajstić information content (AvgIpc) is 2.66. The molecule has 0 aliphatic rings. The van der Waals surface area contributed by atoms with E-state index in [1.807, 2.05) is 19.9 Å². The highest BCUT2D eigenvalue weighted by atomic mass is 19.4. The minimum absolute atomic E-state index is 0.0418. The third-order valence-corrected chi connectivity index (χ3v) is 3.48. The Morgan fingerprint density at radius 1 is 1.00 bits per heavy atom. The molecule has 0 spiro atoms. The van der Waals surface area contributed by atoms with E-state index in [-0.39, 0.29) is 12.2 Å². The molecule has 2 aromatic carbocycles. The zero-order chi connectivity index (χ0) is 20.4. The number of phenolic OH excluding ortho intramolecular Hbond substituents is 1. The number of aliphatic hydroxyl groups excluding tert-OH is 1. The predicted molar refractivity (Wildman–Crippen MR) is 97.0 cm³/mol. The second-order valence-electron chi connectivity index (χ2n) is 5.29. The first-order valence-corrected chi connectivity index (χ1v) is 8.41. The summed E-state index contributed by atoms with van der Waals surface area (Å²) < 4.78 is 39.2. The van der Waals surface area contributed by atoms with Gasteiger partial charge in [-0.25, -0.2) is 0 Å². The van der Waals surface area contributed by atoms with Crippen molar-refractivity contribution in [2.45, 2.75) is 32.9 Å². The van der Waals surface area contributed by atoms with Gasteiger partial charge in [-0.05, 0) is 54.8 Å². The molecule has 3 nitrogen and oxygen atoms in total. The van der Waals surface area contributed by atoms with Gasteiger partial charge in [0.1, 0.15) is 5.75 Å². The third-order valence-electron chi connectivity index (χ3n) is 3.48. The summed E-state index contributed by atoms with van der Waals surface area (Å²) in [4.78, 5) is 0. The van der Waals surface area contributed by atoms with Gasteiger partial charge in [0.25, 0.3) is 0 Å². The number of phenols is 1.